The number of furan rings is 1. The van der Waals surface area contributed by atoms with Crippen molar-refractivity contribution >= 4 is 22.8 Å². The van der Waals surface area contributed by atoms with Gasteiger partial charge in [0, 0.05) is 43.5 Å². The van der Waals surface area contributed by atoms with Crippen LogP contribution in [-0.2, 0) is 4.79 Å². The highest BCUT2D eigenvalue weighted by Crippen LogP contribution is 2.32. The molecule has 3 saturated heterocycles. The fourth-order valence-corrected chi connectivity index (χ4v) is 4.26. The van der Waals surface area contributed by atoms with Crippen LogP contribution in [0.2, 0.25) is 0 Å². The van der Waals surface area contributed by atoms with Crippen LogP contribution in [0.5, 0.6) is 0 Å². The molecule has 1 aromatic heterocycles. The minimum absolute atomic E-state index is 0.0357. The predicted octanol–water partition coefficient (Wildman–Crippen LogP) is 3.13. The third-order valence-corrected chi connectivity index (χ3v) is 5.71. The van der Waals surface area contributed by atoms with Crippen molar-refractivity contribution in [3.63, 3.8) is 0 Å². The van der Waals surface area contributed by atoms with Gasteiger partial charge in [-0.1, -0.05) is 11.6 Å². The normalized spacial score (nSPS) is 23.2. The molecule has 25 heavy (non-hydrogen) atoms. The van der Waals surface area contributed by atoms with E-state index >= 15 is 0 Å². The second-order valence-electron chi connectivity index (χ2n) is 7.53. The Morgan fingerprint density at radius 2 is 1.92 bits per heavy atom. The van der Waals surface area contributed by atoms with Crippen molar-refractivity contribution in [3.05, 3.63) is 35.1 Å². The van der Waals surface area contributed by atoms with Gasteiger partial charge < -0.3 is 14.2 Å². The number of hydrogen-bond donors (Lipinski definition) is 0. The summed E-state index contributed by atoms with van der Waals surface area (Å²) >= 11 is 0. The molecule has 3 aliphatic heterocycles. The van der Waals surface area contributed by atoms with Crippen LogP contribution in [0.3, 0.4) is 0 Å². The molecule has 1 aromatic carbocycles. The largest absolute Gasteiger partial charge is 0.451 e. The summed E-state index contributed by atoms with van der Waals surface area (Å²) in [4.78, 5) is 28.9. The molecule has 0 radical (unpaired) electrons. The Morgan fingerprint density at radius 1 is 1.12 bits per heavy atom. The molecule has 0 unspecified atom stereocenters. The standard InChI is InChI=1S/C20H24N2O3/c1-12-4-7-18-17(8-12)13(2)19(25-18)20(24)22-10-15-5-6-16(22)11-21(9-15)14(3)23/h4,7-8,15-16H,5-6,9-11H2,1-3H3/t15-,16+/m0/s1. The molecule has 0 N–H and O–H groups in total. The number of hydrogen-bond acceptors (Lipinski definition) is 3. The molecular formula is C20H24N2O3. The molecule has 3 aliphatic rings. The molecule has 0 spiro atoms. The average Bonchev–Trinajstić information content (AvgIpc) is 2.76. The lowest BCUT2D eigenvalue weighted by Gasteiger charge is -2.35. The second-order valence-corrected chi connectivity index (χ2v) is 7.53. The fraction of sp³-hybridized carbons (Fsp3) is 0.500. The van der Waals surface area contributed by atoms with Crippen LogP contribution in [0.25, 0.3) is 11.0 Å². The molecule has 2 amide bonds. The molecular weight excluding hydrogens is 316 g/mol. The highest BCUT2D eigenvalue weighted by Gasteiger charge is 2.39. The zero-order chi connectivity index (χ0) is 17.7. The molecule has 4 heterocycles. The fourth-order valence-electron chi connectivity index (χ4n) is 4.26. The summed E-state index contributed by atoms with van der Waals surface area (Å²) in [6, 6.07) is 6.08. The summed E-state index contributed by atoms with van der Waals surface area (Å²) in [5, 5.41) is 1.01. The number of rotatable bonds is 1. The molecule has 2 aromatic rings. The number of fused-ring (bicyclic) bond motifs is 5. The van der Waals surface area contributed by atoms with E-state index in [0.717, 1.165) is 41.5 Å². The molecule has 0 aliphatic carbocycles. The average molecular weight is 340 g/mol. The molecule has 2 atom stereocenters. The third-order valence-electron chi connectivity index (χ3n) is 5.71. The van der Waals surface area contributed by atoms with Gasteiger partial charge in [-0.2, -0.15) is 0 Å². The molecule has 2 bridgehead atoms. The number of nitrogens with zero attached hydrogens (tertiary/aromatic N) is 2. The van der Waals surface area contributed by atoms with Crippen LogP contribution in [0.1, 0.15) is 41.4 Å². The van der Waals surface area contributed by atoms with Gasteiger partial charge in [0.25, 0.3) is 5.91 Å². The van der Waals surface area contributed by atoms with Gasteiger partial charge in [0.2, 0.25) is 5.91 Å². The van der Waals surface area contributed by atoms with Gasteiger partial charge >= 0.3 is 0 Å². The Kier molecular flexibility index (Phi) is 3.82. The summed E-state index contributed by atoms with van der Waals surface area (Å²) in [7, 11) is 0. The summed E-state index contributed by atoms with van der Waals surface area (Å²) in [5.74, 6) is 0.870. The maximum Gasteiger partial charge on any atom is 0.290 e. The molecule has 5 rings (SSSR count). The third kappa shape index (κ3) is 2.71. The van der Waals surface area contributed by atoms with Gasteiger partial charge in [-0.25, -0.2) is 0 Å². The van der Waals surface area contributed by atoms with Crippen molar-refractivity contribution in [1.29, 1.82) is 0 Å². The number of carbonyl (C=O) groups is 2. The monoisotopic (exact) mass is 340 g/mol. The summed E-state index contributed by atoms with van der Waals surface area (Å²) in [6.07, 6.45) is 2.04. The smallest absolute Gasteiger partial charge is 0.290 e. The highest BCUT2D eigenvalue weighted by molar-refractivity contribution is 5.99. The maximum absolute atomic E-state index is 13.2. The SMILES string of the molecule is CC(=O)N1C[C@@H]2CC[C@H](C1)N(C(=O)c1oc3ccc(C)cc3c1C)C2. The predicted molar refractivity (Wildman–Crippen MR) is 95.5 cm³/mol. The van der Waals surface area contributed by atoms with E-state index in [0.29, 0.717) is 24.8 Å². The number of benzene rings is 1. The maximum atomic E-state index is 13.2. The second kappa shape index (κ2) is 5.90. The van der Waals surface area contributed by atoms with Crippen LogP contribution in [0.4, 0.5) is 0 Å². The van der Waals surface area contributed by atoms with Gasteiger partial charge in [0.05, 0.1) is 0 Å². The molecule has 3 fully saturated rings. The number of aryl methyl sites for hydroxylation is 2. The first-order valence-electron chi connectivity index (χ1n) is 9.00. The first-order chi connectivity index (χ1) is 11.9. The van der Waals surface area contributed by atoms with E-state index in [-0.39, 0.29) is 17.9 Å². The van der Waals surface area contributed by atoms with Crippen molar-refractivity contribution < 1.29 is 14.0 Å². The lowest BCUT2D eigenvalue weighted by molar-refractivity contribution is -0.129. The Bertz CT molecular complexity index is 854. The van der Waals surface area contributed by atoms with E-state index in [1.54, 1.807) is 6.92 Å². The Morgan fingerprint density at radius 3 is 2.68 bits per heavy atom. The van der Waals surface area contributed by atoms with Gasteiger partial charge in [0.15, 0.2) is 5.76 Å². The van der Waals surface area contributed by atoms with Gasteiger partial charge in [-0.3, -0.25) is 9.59 Å². The summed E-state index contributed by atoms with van der Waals surface area (Å²) < 4.78 is 5.92. The lowest BCUT2D eigenvalue weighted by Crippen LogP contribution is -2.47. The van der Waals surface area contributed by atoms with Crippen LogP contribution in [0, 0.1) is 19.8 Å². The lowest BCUT2D eigenvalue weighted by atomic mass is 9.94. The van der Waals surface area contributed by atoms with Crippen molar-refractivity contribution in [2.45, 2.75) is 39.7 Å². The van der Waals surface area contributed by atoms with Gasteiger partial charge in [-0.05, 0) is 44.7 Å². The van der Waals surface area contributed by atoms with Gasteiger partial charge in [0.1, 0.15) is 5.58 Å². The van der Waals surface area contributed by atoms with E-state index in [9.17, 15) is 9.59 Å². The molecule has 5 nitrogen and oxygen atoms in total. The van der Waals surface area contributed by atoms with E-state index in [1.165, 1.54) is 0 Å². The summed E-state index contributed by atoms with van der Waals surface area (Å²) in [6.45, 7) is 7.71. The van der Waals surface area contributed by atoms with Crippen LogP contribution in [0.15, 0.2) is 22.6 Å². The minimum atomic E-state index is -0.0357. The Labute approximate surface area is 147 Å². The molecule has 5 heteroatoms. The van der Waals surface area contributed by atoms with Crippen LogP contribution < -0.4 is 0 Å². The van der Waals surface area contributed by atoms with E-state index in [4.69, 9.17) is 4.42 Å². The quantitative estimate of drug-likeness (QED) is 0.801. The van der Waals surface area contributed by atoms with E-state index < -0.39 is 0 Å². The highest BCUT2D eigenvalue weighted by atomic mass is 16.3. The number of piperidine rings is 1. The minimum Gasteiger partial charge on any atom is -0.451 e. The Hall–Kier alpha value is -2.30. The van der Waals surface area contributed by atoms with Crippen molar-refractivity contribution in [2.75, 3.05) is 19.6 Å². The zero-order valence-electron chi connectivity index (χ0n) is 15.0. The van der Waals surface area contributed by atoms with Crippen molar-refractivity contribution in [3.8, 4) is 0 Å². The van der Waals surface area contributed by atoms with Crippen molar-refractivity contribution in [2.24, 2.45) is 5.92 Å². The van der Waals surface area contributed by atoms with Crippen LogP contribution >= 0.6 is 0 Å². The zero-order valence-corrected chi connectivity index (χ0v) is 15.0. The number of carbonyl (C=O) groups excluding carboxylic acids is 2. The van der Waals surface area contributed by atoms with E-state index in [1.807, 2.05) is 35.8 Å². The molecule has 132 valence electrons. The van der Waals surface area contributed by atoms with E-state index in [2.05, 4.69) is 6.07 Å². The topological polar surface area (TPSA) is 53.8 Å². The first-order valence-corrected chi connectivity index (χ1v) is 9.00. The first kappa shape index (κ1) is 16.2. The van der Waals surface area contributed by atoms with Crippen LogP contribution in [-0.4, -0.2) is 47.3 Å². The van der Waals surface area contributed by atoms with Gasteiger partial charge in [-0.15, -0.1) is 0 Å². The molecule has 0 saturated carbocycles. The van der Waals surface area contributed by atoms with Crippen molar-refractivity contribution in [1.82, 2.24) is 9.80 Å². The summed E-state index contributed by atoms with van der Waals surface area (Å²) in [5.41, 5.74) is 2.82. The Balaban J connectivity index is 1.67. The number of amides is 2.